The van der Waals surface area contributed by atoms with Gasteiger partial charge in [0.25, 0.3) is 0 Å². The van der Waals surface area contributed by atoms with E-state index in [0.29, 0.717) is 16.7 Å². The Labute approximate surface area is 129 Å². The Morgan fingerprint density at radius 2 is 1.80 bits per heavy atom. The second-order valence-electron chi connectivity index (χ2n) is 4.49. The minimum Gasteiger partial charge on any atom is -0.494 e. The van der Waals surface area contributed by atoms with E-state index in [0.717, 1.165) is 17.0 Å². The van der Waals surface area contributed by atoms with Crippen LogP contribution in [0.3, 0.4) is 0 Å². The Balaban J connectivity index is 2.08. The maximum Gasteiger partial charge on any atom is 0.119 e. The minimum absolute atomic E-state index is 0.0951. The number of benzene rings is 2. The van der Waals surface area contributed by atoms with Crippen molar-refractivity contribution >= 4 is 28.9 Å². The van der Waals surface area contributed by atoms with Crippen LogP contribution in [0.2, 0.25) is 10.0 Å². The Morgan fingerprint density at radius 1 is 1.10 bits per heavy atom. The van der Waals surface area contributed by atoms with Crippen LogP contribution in [0.15, 0.2) is 42.5 Å². The Hall–Kier alpha value is -1.38. The average Bonchev–Trinajstić information content (AvgIpc) is 2.41. The third kappa shape index (κ3) is 3.81. The first-order chi connectivity index (χ1) is 9.60. The molecule has 0 fully saturated rings. The van der Waals surface area contributed by atoms with Crippen LogP contribution in [0.4, 0.5) is 5.69 Å². The van der Waals surface area contributed by atoms with Crippen molar-refractivity contribution in [2.75, 3.05) is 11.9 Å². The van der Waals surface area contributed by atoms with E-state index in [1.54, 1.807) is 6.07 Å². The number of hydrogen-bond acceptors (Lipinski definition) is 2. The number of rotatable bonds is 5. The summed E-state index contributed by atoms with van der Waals surface area (Å²) in [6.07, 6.45) is 0. The van der Waals surface area contributed by atoms with Crippen LogP contribution in [0.25, 0.3) is 0 Å². The highest BCUT2D eigenvalue weighted by Crippen LogP contribution is 2.28. The van der Waals surface area contributed by atoms with Gasteiger partial charge in [0.2, 0.25) is 0 Å². The molecule has 0 saturated carbocycles. The van der Waals surface area contributed by atoms with Gasteiger partial charge in [-0.15, -0.1) is 0 Å². The van der Waals surface area contributed by atoms with Crippen molar-refractivity contribution in [2.45, 2.75) is 19.9 Å². The molecule has 1 atom stereocenters. The Bertz CT molecular complexity index is 569. The van der Waals surface area contributed by atoms with Crippen LogP contribution < -0.4 is 10.1 Å². The lowest BCUT2D eigenvalue weighted by Gasteiger charge is -2.17. The summed E-state index contributed by atoms with van der Waals surface area (Å²) in [6.45, 7) is 4.70. The molecule has 0 aliphatic heterocycles. The van der Waals surface area contributed by atoms with E-state index in [1.165, 1.54) is 0 Å². The summed E-state index contributed by atoms with van der Waals surface area (Å²) in [5, 5.41) is 4.72. The van der Waals surface area contributed by atoms with E-state index in [4.69, 9.17) is 27.9 Å². The zero-order chi connectivity index (χ0) is 14.5. The van der Waals surface area contributed by atoms with Gasteiger partial charge in [0.15, 0.2) is 0 Å². The zero-order valence-corrected chi connectivity index (χ0v) is 13.0. The molecule has 0 radical (unpaired) electrons. The number of halogens is 2. The number of nitrogens with one attached hydrogen (secondary N) is 1. The summed E-state index contributed by atoms with van der Waals surface area (Å²) in [7, 11) is 0. The van der Waals surface area contributed by atoms with Crippen LogP contribution in [-0.2, 0) is 0 Å². The summed E-state index contributed by atoms with van der Waals surface area (Å²) in [4.78, 5) is 0. The molecule has 2 rings (SSSR count). The van der Waals surface area contributed by atoms with Crippen molar-refractivity contribution in [3.05, 3.63) is 58.1 Å². The summed E-state index contributed by atoms with van der Waals surface area (Å²) in [5.74, 6) is 0.871. The van der Waals surface area contributed by atoms with Crippen LogP contribution in [0, 0.1) is 0 Å². The first-order valence-electron chi connectivity index (χ1n) is 6.54. The third-order valence-electron chi connectivity index (χ3n) is 2.98. The average molecular weight is 310 g/mol. The number of ether oxygens (including phenoxy) is 1. The molecule has 2 aromatic carbocycles. The van der Waals surface area contributed by atoms with Crippen molar-refractivity contribution < 1.29 is 4.74 Å². The van der Waals surface area contributed by atoms with Gasteiger partial charge in [-0.05, 0) is 55.8 Å². The molecular formula is C16H17Cl2NO. The van der Waals surface area contributed by atoms with E-state index in [-0.39, 0.29) is 6.04 Å². The zero-order valence-electron chi connectivity index (χ0n) is 11.5. The molecule has 2 nitrogen and oxygen atoms in total. The molecule has 0 aromatic heterocycles. The van der Waals surface area contributed by atoms with Gasteiger partial charge in [-0.1, -0.05) is 29.3 Å². The Kier molecular flexibility index (Phi) is 5.16. The van der Waals surface area contributed by atoms with Crippen molar-refractivity contribution in [3.8, 4) is 5.75 Å². The molecular weight excluding hydrogens is 293 g/mol. The molecule has 0 aliphatic rings. The molecule has 0 bridgehead atoms. The van der Waals surface area contributed by atoms with Crippen LogP contribution >= 0.6 is 23.2 Å². The highest BCUT2D eigenvalue weighted by molar-refractivity contribution is 6.35. The largest absolute Gasteiger partial charge is 0.494 e. The molecule has 0 amide bonds. The topological polar surface area (TPSA) is 21.3 Å². The van der Waals surface area contributed by atoms with E-state index < -0.39 is 0 Å². The van der Waals surface area contributed by atoms with Gasteiger partial charge < -0.3 is 10.1 Å². The van der Waals surface area contributed by atoms with E-state index in [2.05, 4.69) is 12.2 Å². The molecule has 0 aliphatic carbocycles. The Morgan fingerprint density at radius 3 is 2.40 bits per heavy atom. The first kappa shape index (κ1) is 15.0. The fourth-order valence-electron chi connectivity index (χ4n) is 1.99. The highest BCUT2D eigenvalue weighted by atomic mass is 35.5. The van der Waals surface area contributed by atoms with Gasteiger partial charge in [0, 0.05) is 21.8 Å². The van der Waals surface area contributed by atoms with E-state index in [9.17, 15) is 0 Å². The minimum atomic E-state index is 0.0951. The summed E-state index contributed by atoms with van der Waals surface area (Å²) in [5.41, 5.74) is 2.04. The van der Waals surface area contributed by atoms with Crippen molar-refractivity contribution in [2.24, 2.45) is 0 Å². The first-order valence-corrected chi connectivity index (χ1v) is 7.30. The van der Waals surface area contributed by atoms with Crippen LogP contribution in [0.1, 0.15) is 25.5 Å². The van der Waals surface area contributed by atoms with Crippen molar-refractivity contribution in [3.63, 3.8) is 0 Å². The SMILES string of the molecule is CCOc1ccc(NC(C)c2ccc(Cl)cc2Cl)cc1. The molecule has 2 aromatic rings. The number of hydrogen-bond donors (Lipinski definition) is 1. The van der Waals surface area contributed by atoms with Gasteiger partial charge >= 0.3 is 0 Å². The smallest absolute Gasteiger partial charge is 0.119 e. The molecule has 1 unspecified atom stereocenters. The molecule has 0 saturated heterocycles. The van der Waals surface area contributed by atoms with Gasteiger partial charge in [0.05, 0.1) is 6.61 Å². The fourth-order valence-corrected chi connectivity index (χ4v) is 2.57. The van der Waals surface area contributed by atoms with E-state index >= 15 is 0 Å². The lowest BCUT2D eigenvalue weighted by atomic mass is 10.1. The van der Waals surface area contributed by atoms with Gasteiger partial charge in [-0.25, -0.2) is 0 Å². The van der Waals surface area contributed by atoms with E-state index in [1.807, 2.05) is 43.3 Å². The van der Waals surface area contributed by atoms with Gasteiger partial charge in [-0.3, -0.25) is 0 Å². The fraction of sp³-hybridized carbons (Fsp3) is 0.250. The van der Waals surface area contributed by atoms with Crippen molar-refractivity contribution in [1.29, 1.82) is 0 Å². The molecule has 4 heteroatoms. The third-order valence-corrected chi connectivity index (χ3v) is 3.54. The van der Waals surface area contributed by atoms with Gasteiger partial charge in [0.1, 0.15) is 5.75 Å². The molecule has 1 N–H and O–H groups in total. The molecule has 106 valence electrons. The number of anilines is 1. The summed E-state index contributed by atoms with van der Waals surface area (Å²) < 4.78 is 5.42. The van der Waals surface area contributed by atoms with Crippen LogP contribution in [0.5, 0.6) is 5.75 Å². The maximum atomic E-state index is 6.21. The molecule has 0 spiro atoms. The highest BCUT2D eigenvalue weighted by Gasteiger charge is 2.10. The molecule has 0 heterocycles. The normalized spacial score (nSPS) is 12.0. The second kappa shape index (κ2) is 6.87. The lowest BCUT2D eigenvalue weighted by molar-refractivity contribution is 0.340. The monoisotopic (exact) mass is 309 g/mol. The lowest BCUT2D eigenvalue weighted by Crippen LogP contribution is -2.07. The predicted octanol–water partition coefficient (Wildman–Crippen LogP) is 5.57. The summed E-state index contributed by atoms with van der Waals surface area (Å²) >= 11 is 12.1. The van der Waals surface area contributed by atoms with Crippen molar-refractivity contribution in [1.82, 2.24) is 0 Å². The second-order valence-corrected chi connectivity index (χ2v) is 5.33. The van der Waals surface area contributed by atoms with Gasteiger partial charge in [-0.2, -0.15) is 0 Å². The summed E-state index contributed by atoms with van der Waals surface area (Å²) in [6, 6.07) is 13.5. The quantitative estimate of drug-likeness (QED) is 0.780. The van der Waals surface area contributed by atoms with Crippen LogP contribution in [-0.4, -0.2) is 6.61 Å². The maximum absolute atomic E-state index is 6.21. The molecule has 20 heavy (non-hydrogen) atoms. The standard InChI is InChI=1S/C16H17Cl2NO/c1-3-20-14-7-5-13(6-8-14)19-11(2)15-9-4-12(17)10-16(15)18/h4-11,19H,3H2,1-2H3. The predicted molar refractivity (Wildman–Crippen MR) is 86.1 cm³/mol.